The van der Waals surface area contributed by atoms with Crippen molar-refractivity contribution < 1.29 is 10.2 Å². The topological polar surface area (TPSA) is 46.9 Å². The first kappa shape index (κ1) is 15.2. The van der Waals surface area contributed by atoms with Crippen molar-refractivity contribution in [2.24, 2.45) is 5.41 Å². The molecule has 2 N–H and O–H groups in total. The number of hydrogen-bond acceptors (Lipinski definition) is 4. The third-order valence-corrected chi connectivity index (χ3v) is 7.97. The van der Waals surface area contributed by atoms with Crippen LogP contribution in [0.5, 0.6) is 0 Å². The number of benzene rings is 1. The Balaban J connectivity index is 1.74. The monoisotopic (exact) mass is 328 g/mol. The Bertz CT molecular complexity index is 679. The number of rotatable bonds is 1. The molecule has 0 aromatic heterocycles. The van der Waals surface area contributed by atoms with Gasteiger partial charge in [-0.2, -0.15) is 0 Å². The van der Waals surface area contributed by atoms with Crippen LogP contribution in [0.2, 0.25) is 0 Å². The summed E-state index contributed by atoms with van der Waals surface area (Å²) in [5.41, 5.74) is 2.78. The van der Waals surface area contributed by atoms with Crippen molar-refractivity contribution in [3.63, 3.8) is 0 Å². The van der Waals surface area contributed by atoms with Gasteiger partial charge in [-0.3, -0.25) is 4.90 Å². The molecular formula is C20H28N2O2. The highest BCUT2D eigenvalue weighted by atomic mass is 16.3. The quantitative estimate of drug-likeness (QED) is 0.824. The molecule has 1 aromatic carbocycles. The number of aliphatic hydroxyl groups is 2. The van der Waals surface area contributed by atoms with E-state index in [0.29, 0.717) is 18.6 Å². The second kappa shape index (κ2) is 4.75. The van der Waals surface area contributed by atoms with Gasteiger partial charge in [0.25, 0.3) is 0 Å². The maximum Gasteiger partial charge on any atom is 0.0931 e. The molecule has 6 atom stereocenters. The van der Waals surface area contributed by atoms with E-state index in [4.69, 9.17) is 0 Å². The Labute approximate surface area is 144 Å². The van der Waals surface area contributed by atoms with Gasteiger partial charge >= 0.3 is 0 Å². The molecule has 4 nitrogen and oxygen atoms in total. The van der Waals surface area contributed by atoms with Crippen LogP contribution in [0.4, 0.5) is 5.69 Å². The van der Waals surface area contributed by atoms with Gasteiger partial charge in [-0.25, -0.2) is 0 Å². The fourth-order valence-electron chi connectivity index (χ4n) is 7.10. The highest BCUT2D eigenvalue weighted by Crippen LogP contribution is 2.65. The van der Waals surface area contributed by atoms with E-state index in [9.17, 15) is 10.2 Å². The number of piperidine rings is 1. The third-order valence-electron chi connectivity index (χ3n) is 7.97. The van der Waals surface area contributed by atoms with Crippen molar-refractivity contribution in [2.45, 2.75) is 62.3 Å². The summed E-state index contributed by atoms with van der Waals surface area (Å²) in [6, 6.07) is 9.75. The second-order valence-electron chi connectivity index (χ2n) is 8.47. The lowest BCUT2D eigenvalue weighted by Crippen LogP contribution is -2.71. The summed E-state index contributed by atoms with van der Waals surface area (Å²) < 4.78 is 0. The number of fused-ring (bicyclic) bond motifs is 1. The van der Waals surface area contributed by atoms with E-state index < -0.39 is 12.2 Å². The van der Waals surface area contributed by atoms with Crippen LogP contribution in [-0.4, -0.2) is 59.5 Å². The zero-order valence-electron chi connectivity index (χ0n) is 14.7. The van der Waals surface area contributed by atoms with Gasteiger partial charge in [0.15, 0.2) is 0 Å². The first-order chi connectivity index (χ1) is 11.6. The van der Waals surface area contributed by atoms with E-state index in [1.807, 2.05) is 0 Å². The van der Waals surface area contributed by atoms with Gasteiger partial charge in [-0.1, -0.05) is 25.1 Å². The minimum atomic E-state index is -0.609. The maximum absolute atomic E-state index is 11.0. The fourth-order valence-corrected chi connectivity index (χ4v) is 7.10. The number of para-hydroxylation sites is 1. The summed E-state index contributed by atoms with van der Waals surface area (Å²) >= 11 is 0. The maximum atomic E-state index is 11.0. The molecule has 1 aliphatic carbocycles. The van der Waals surface area contributed by atoms with Crippen LogP contribution in [0.1, 0.15) is 38.2 Å². The van der Waals surface area contributed by atoms with Gasteiger partial charge in [-0.15, -0.1) is 0 Å². The molecule has 0 unspecified atom stereocenters. The van der Waals surface area contributed by atoms with Gasteiger partial charge in [0.2, 0.25) is 0 Å². The summed E-state index contributed by atoms with van der Waals surface area (Å²) in [5, 5.41) is 21.5. The summed E-state index contributed by atoms with van der Waals surface area (Å²) in [4.78, 5) is 5.00. The van der Waals surface area contributed by atoms with Crippen molar-refractivity contribution in [1.29, 1.82) is 0 Å². The normalized spacial score (nSPS) is 46.6. The van der Waals surface area contributed by atoms with Gasteiger partial charge < -0.3 is 15.1 Å². The van der Waals surface area contributed by atoms with Crippen molar-refractivity contribution in [2.75, 3.05) is 25.0 Å². The van der Waals surface area contributed by atoms with E-state index in [-0.39, 0.29) is 10.8 Å². The van der Waals surface area contributed by atoms with Crippen LogP contribution in [0.25, 0.3) is 0 Å². The summed E-state index contributed by atoms with van der Waals surface area (Å²) in [7, 11) is 2.24. The van der Waals surface area contributed by atoms with Crippen LogP contribution in [0.15, 0.2) is 24.3 Å². The molecule has 3 heterocycles. The lowest BCUT2D eigenvalue weighted by molar-refractivity contribution is -0.171. The van der Waals surface area contributed by atoms with Gasteiger partial charge in [0, 0.05) is 42.2 Å². The van der Waals surface area contributed by atoms with Crippen LogP contribution in [-0.2, 0) is 5.41 Å². The molecule has 0 radical (unpaired) electrons. The molecule has 24 heavy (non-hydrogen) atoms. The van der Waals surface area contributed by atoms with Crippen molar-refractivity contribution in [3.05, 3.63) is 29.8 Å². The standard InChI is InChI=1S/C20H28N2O2/c1-3-19-9-8-16-20(13-6-4-5-7-14(13)21(16)2)10-11-22(18(19)20)12-15(23)17(19)24/h4-7,15-18,23-24H,3,8-12H2,1-2H3/t15-,16+,17+,18-,19-,20-/m0/s1. The Hall–Kier alpha value is -1.10. The molecule has 130 valence electrons. The lowest BCUT2D eigenvalue weighted by atomic mass is 9.51. The number of anilines is 1. The second-order valence-corrected chi connectivity index (χ2v) is 8.47. The minimum absolute atomic E-state index is 0.112. The molecule has 2 saturated heterocycles. The third kappa shape index (κ3) is 1.48. The molecule has 0 bridgehead atoms. The zero-order valence-corrected chi connectivity index (χ0v) is 14.7. The Morgan fingerprint density at radius 1 is 1.21 bits per heavy atom. The van der Waals surface area contributed by atoms with Crippen LogP contribution >= 0.6 is 0 Å². The van der Waals surface area contributed by atoms with E-state index in [1.54, 1.807) is 0 Å². The van der Waals surface area contributed by atoms with Gasteiger partial charge in [0.1, 0.15) is 0 Å². The van der Waals surface area contributed by atoms with Crippen LogP contribution in [0, 0.1) is 5.41 Å². The largest absolute Gasteiger partial charge is 0.390 e. The SMILES string of the molecule is CC[C@]12CC[C@H]3N(C)c4ccccc4[C@@]34CCN(C[C@H](O)[C@H]1O)[C@@H]24. The van der Waals surface area contributed by atoms with Gasteiger partial charge in [0.05, 0.1) is 12.2 Å². The Kier molecular flexibility index (Phi) is 3.00. The highest BCUT2D eigenvalue weighted by molar-refractivity contribution is 5.66. The number of nitrogens with zero attached hydrogens (tertiary/aromatic N) is 2. The Morgan fingerprint density at radius 3 is 2.79 bits per heavy atom. The smallest absolute Gasteiger partial charge is 0.0931 e. The first-order valence-electron chi connectivity index (χ1n) is 9.49. The number of likely N-dealkylation sites (N-methyl/N-ethyl adjacent to an activating group) is 1. The Morgan fingerprint density at radius 2 is 2.00 bits per heavy atom. The molecule has 3 aliphatic heterocycles. The minimum Gasteiger partial charge on any atom is -0.390 e. The zero-order chi connectivity index (χ0) is 16.7. The highest BCUT2D eigenvalue weighted by Gasteiger charge is 2.70. The number of hydrogen-bond donors (Lipinski definition) is 2. The molecule has 0 amide bonds. The fraction of sp³-hybridized carbons (Fsp3) is 0.700. The summed E-state index contributed by atoms with van der Waals surface area (Å²) in [6.45, 7) is 3.86. The van der Waals surface area contributed by atoms with Gasteiger partial charge in [-0.05, 0) is 43.9 Å². The summed E-state index contributed by atoms with van der Waals surface area (Å²) in [6.07, 6.45) is 2.98. The van der Waals surface area contributed by atoms with Crippen molar-refractivity contribution in [1.82, 2.24) is 4.90 Å². The first-order valence-corrected chi connectivity index (χ1v) is 9.49. The van der Waals surface area contributed by atoms with E-state index in [0.717, 1.165) is 32.2 Å². The average Bonchev–Trinajstić information content (AvgIpc) is 3.10. The predicted octanol–water partition coefficient (Wildman–Crippen LogP) is 1.74. The van der Waals surface area contributed by atoms with E-state index >= 15 is 0 Å². The van der Waals surface area contributed by atoms with E-state index in [2.05, 4.69) is 48.0 Å². The molecule has 4 heteroatoms. The van der Waals surface area contributed by atoms with Crippen LogP contribution < -0.4 is 4.90 Å². The number of aliphatic hydroxyl groups excluding tert-OH is 2. The average molecular weight is 328 g/mol. The molecule has 3 fully saturated rings. The van der Waals surface area contributed by atoms with E-state index in [1.165, 1.54) is 11.3 Å². The van der Waals surface area contributed by atoms with Crippen molar-refractivity contribution in [3.8, 4) is 0 Å². The van der Waals surface area contributed by atoms with Crippen molar-refractivity contribution >= 4 is 5.69 Å². The molecule has 4 aliphatic rings. The molecule has 5 rings (SSSR count). The molecule has 1 saturated carbocycles. The van der Waals surface area contributed by atoms with Crippen LogP contribution in [0.3, 0.4) is 0 Å². The summed E-state index contributed by atoms with van der Waals surface area (Å²) in [5.74, 6) is 0. The molecular weight excluding hydrogens is 300 g/mol. The molecule has 1 spiro atoms. The lowest BCUT2D eigenvalue weighted by Gasteiger charge is -2.61. The predicted molar refractivity (Wildman–Crippen MR) is 94.3 cm³/mol. The molecule has 1 aromatic rings.